The maximum atomic E-state index is 12.8. The van der Waals surface area contributed by atoms with Crippen LogP contribution in [0.5, 0.6) is 0 Å². The summed E-state index contributed by atoms with van der Waals surface area (Å²) in [5.74, 6) is -0.582. The second-order valence-electron chi connectivity index (χ2n) is 5.89. The van der Waals surface area contributed by atoms with Gasteiger partial charge in [0, 0.05) is 14.6 Å². The number of sulfone groups is 1. The number of halogens is 2. The molecular formula is C17H17Br2NO3S. The summed E-state index contributed by atoms with van der Waals surface area (Å²) >= 11 is 6.67. The van der Waals surface area contributed by atoms with Crippen LogP contribution in [0.25, 0.3) is 0 Å². The molecule has 1 amide bonds. The molecule has 0 unspecified atom stereocenters. The number of amides is 1. The van der Waals surface area contributed by atoms with Gasteiger partial charge >= 0.3 is 0 Å². The molecule has 0 saturated carbocycles. The van der Waals surface area contributed by atoms with Crippen LogP contribution in [-0.4, -0.2) is 19.1 Å². The van der Waals surface area contributed by atoms with E-state index in [-0.39, 0.29) is 4.90 Å². The van der Waals surface area contributed by atoms with E-state index in [2.05, 4.69) is 37.2 Å². The number of carbonyl (C=O) groups excluding carboxylic acids is 1. The molecule has 24 heavy (non-hydrogen) atoms. The van der Waals surface area contributed by atoms with Crippen LogP contribution in [0.3, 0.4) is 0 Å². The van der Waals surface area contributed by atoms with Crippen molar-refractivity contribution in [3.63, 3.8) is 0 Å². The minimum absolute atomic E-state index is 0.107. The number of hydrogen-bond acceptors (Lipinski definition) is 3. The van der Waals surface area contributed by atoms with Gasteiger partial charge in [-0.25, -0.2) is 8.42 Å². The molecule has 0 fully saturated rings. The Morgan fingerprint density at radius 3 is 2.17 bits per heavy atom. The van der Waals surface area contributed by atoms with Crippen molar-refractivity contribution in [1.82, 2.24) is 0 Å². The van der Waals surface area contributed by atoms with Gasteiger partial charge in [0.05, 0.1) is 4.90 Å². The lowest BCUT2D eigenvalue weighted by Crippen LogP contribution is -2.44. The van der Waals surface area contributed by atoms with Crippen molar-refractivity contribution in [3.8, 4) is 0 Å². The molecule has 0 aliphatic heterocycles. The summed E-state index contributed by atoms with van der Waals surface area (Å²) < 4.78 is 25.7. The lowest BCUT2D eigenvalue weighted by molar-refractivity contribution is -0.117. The predicted octanol–water partition coefficient (Wildman–Crippen LogP) is 4.71. The van der Waals surface area contributed by atoms with Crippen LogP contribution in [0.1, 0.15) is 19.4 Å². The summed E-state index contributed by atoms with van der Waals surface area (Å²) in [7, 11) is -3.84. The van der Waals surface area contributed by atoms with Crippen LogP contribution in [0.2, 0.25) is 0 Å². The molecule has 0 aliphatic carbocycles. The molecule has 0 saturated heterocycles. The zero-order chi connectivity index (χ0) is 18.1. The molecule has 0 bridgehead atoms. The smallest absolute Gasteiger partial charge is 0.245 e. The van der Waals surface area contributed by atoms with Gasteiger partial charge in [-0.15, -0.1) is 0 Å². The first kappa shape index (κ1) is 19.1. The fraction of sp³-hybridized carbons (Fsp3) is 0.235. The zero-order valence-corrected chi connectivity index (χ0v) is 17.4. The second kappa shape index (κ2) is 6.98. The Kier molecular flexibility index (Phi) is 5.57. The molecule has 0 heterocycles. The Labute approximate surface area is 158 Å². The van der Waals surface area contributed by atoms with E-state index in [1.807, 2.05) is 13.0 Å². The summed E-state index contributed by atoms with van der Waals surface area (Å²) in [5, 5.41) is 2.68. The van der Waals surface area contributed by atoms with Gasteiger partial charge in [-0.1, -0.05) is 37.9 Å². The van der Waals surface area contributed by atoms with Gasteiger partial charge < -0.3 is 5.32 Å². The van der Waals surface area contributed by atoms with Gasteiger partial charge in [0.2, 0.25) is 5.91 Å². The number of carbonyl (C=O) groups is 1. The number of anilines is 1. The number of nitrogens with one attached hydrogen (secondary N) is 1. The molecular weight excluding hydrogens is 458 g/mol. The van der Waals surface area contributed by atoms with E-state index < -0.39 is 20.5 Å². The molecule has 2 aromatic rings. The first-order valence-electron chi connectivity index (χ1n) is 7.13. The van der Waals surface area contributed by atoms with Crippen molar-refractivity contribution in [3.05, 3.63) is 57.0 Å². The maximum Gasteiger partial charge on any atom is 0.245 e. The van der Waals surface area contributed by atoms with Crippen LogP contribution in [0.4, 0.5) is 5.69 Å². The summed E-state index contributed by atoms with van der Waals surface area (Å²) in [6, 6.07) is 11.6. The molecule has 128 valence electrons. The minimum atomic E-state index is -3.84. The van der Waals surface area contributed by atoms with Gasteiger partial charge in [-0.05, 0) is 62.7 Å². The third-order valence-corrected chi connectivity index (χ3v) is 7.58. The third kappa shape index (κ3) is 3.73. The van der Waals surface area contributed by atoms with Crippen LogP contribution in [-0.2, 0) is 14.6 Å². The van der Waals surface area contributed by atoms with Crippen LogP contribution in [0, 0.1) is 6.92 Å². The fourth-order valence-electron chi connectivity index (χ4n) is 1.98. The average molecular weight is 475 g/mol. The fourth-order valence-corrected chi connectivity index (χ4v) is 4.00. The number of hydrogen-bond donors (Lipinski definition) is 1. The number of rotatable bonds is 4. The van der Waals surface area contributed by atoms with Crippen molar-refractivity contribution in [2.45, 2.75) is 30.4 Å². The third-order valence-electron chi connectivity index (χ3n) is 3.77. The highest BCUT2D eigenvalue weighted by molar-refractivity contribution is 9.10. The Morgan fingerprint density at radius 2 is 1.62 bits per heavy atom. The number of aryl methyl sites for hydroxylation is 1. The monoisotopic (exact) mass is 473 g/mol. The van der Waals surface area contributed by atoms with Crippen molar-refractivity contribution in [2.75, 3.05) is 5.32 Å². The predicted molar refractivity (Wildman–Crippen MR) is 103 cm³/mol. The lowest BCUT2D eigenvalue weighted by atomic mass is 10.1. The van der Waals surface area contributed by atoms with Crippen molar-refractivity contribution in [1.29, 1.82) is 0 Å². The summed E-state index contributed by atoms with van der Waals surface area (Å²) in [5.41, 5.74) is 1.56. The van der Waals surface area contributed by atoms with Gasteiger partial charge in [0.1, 0.15) is 4.75 Å². The summed E-state index contributed by atoms with van der Waals surface area (Å²) in [6.07, 6.45) is 0. The molecule has 7 heteroatoms. The maximum absolute atomic E-state index is 12.8. The normalized spacial score (nSPS) is 12.0. The summed E-state index contributed by atoms with van der Waals surface area (Å²) in [6.45, 7) is 4.74. The molecule has 0 aliphatic rings. The largest absolute Gasteiger partial charge is 0.325 e. The zero-order valence-electron chi connectivity index (χ0n) is 13.4. The van der Waals surface area contributed by atoms with E-state index in [1.54, 1.807) is 24.3 Å². The van der Waals surface area contributed by atoms with E-state index in [4.69, 9.17) is 0 Å². The molecule has 1 N–H and O–H groups in total. The Balaban J connectivity index is 2.32. The van der Waals surface area contributed by atoms with Gasteiger partial charge in [-0.2, -0.15) is 0 Å². The highest BCUT2D eigenvalue weighted by atomic mass is 79.9. The minimum Gasteiger partial charge on any atom is -0.325 e. The van der Waals surface area contributed by atoms with E-state index in [0.717, 1.165) is 14.5 Å². The topological polar surface area (TPSA) is 63.2 Å². The Morgan fingerprint density at radius 1 is 1.04 bits per heavy atom. The van der Waals surface area contributed by atoms with Crippen LogP contribution >= 0.6 is 31.9 Å². The molecule has 2 rings (SSSR count). The molecule has 4 nitrogen and oxygen atoms in total. The Bertz CT molecular complexity index is 875. The molecule has 0 radical (unpaired) electrons. The SMILES string of the molecule is Cc1ccc(NC(=O)C(C)(C)S(=O)(=O)c2ccc(Br)cc2)cc1Br. The lowest BCUT2D eigenvalue weighted by Gasteiger charge is -2.24. The molecule has 0 spiro atoms. The number of benzene rings is 2. The van der Waals surface area contributed by atoms with E-state index in [9.17, 15) is 13.2 Å². The van der Waals surface area contributed by atoms with Crippen molar-refractivity contribution in [2.24, 2.45) is 0 Å². The van der Waals surface area contributed by atoms with E-state index >= 15 is 0 Å². The molecule has 0 atom stereocenters. The Hall–Kier alpha value is -1.18. The second-order valence-corrected chi connectivity index (χ2v) is 10.2. The average Bonchev–Trinajstić information content (AvgIpc) is 2.51. The standard InChI is InChI=1S/C17H17Br2NO3S/c1-11-4-7-13(10-15(11)19)20-16(21)17(2,3)24(22,23)14-8-5-12(18)6-9-14/h4-10H,1-3H3,(H,20,21). The van der Waals surface area contributed by atoms with Gasteiger partial charge in [0.25, 0.3) is 0 Å². The highest BCUT2D eigenvalue weighted by Gasteiger charge is 2.42. The van der Waals surface area contributed by atoms with Crippen LogP contribution in [0.15, 0.2) is 56.3 Å². The van der Waals surface area contributed by atoms with Gasteiger partial charge in [0.15, 0.2) is 9.84 Å². The van der Waals surface area contributed by atoms with Gasteiger partial charge in [-0.3, -0.25) is 4.79 Å². The summed E-state index contributed by atoms with van der Waals surface area (Å²) in [4.78, 5) is 12.7. The first-order valence-corrected chi connectivity index (χ1v) is 10.2. The van der Waals surface area contributed by atoms with Crippen molar-refractivity contribution >= 4 is 53.3 Å². The quantitative estimate of drug-likeness (QED) is 0.697. The highest BCUT2D eigenvalue weighted by Crippen LogP contribution is 2.29. The van der Waals surface area contributed by atoms with Crippen molar-refractivity contribution < 1.29 is 13.2 Å². The van der Waals surface area contributed by atoms with Crippen LogP contribution < -0.4 is 5.32 Å². The molecule has 0 aromatic heterocycles. The molecule has 2 aromatic carbocycles. The van der Waals surface area contributed by atoms with E-state index in [0.29, 0.717) is 5.69 Å². The van der Waals surface area contributed by atoms with E-state index in [1.165, 1.54) is 26.0 Å². The first-order chi connectivity index (χ1) is 11.1.